The van der Waals surface area contributed by atoms with Gasteiger partial charge in [0.25, 0.3) is 0 Å². The lowest BCUT2D eigenvalue weighted by Gasteiger charge is -2.43. The summed E-state index contributed by atoms with van der Waals surface area (Å²) in [5, 5.41) is 10.1. The number of rotatable bonds is 0. The lowest BCUT2D eigenvalue weighted by Crippen LogP contribution is -2.47. The van der Waals surface area contributed by atoms with Crippen molar-refractivity contribution in [2.75, 3.05) is 11.5 Å². The first kappa shape index (κ1) is 12.9. The van der Waals surface area contributed by atoms with E-state index in [-0.39, 0.29) is 11.5 Å². The average Bonchev–Trinajstić information content (AvgIpc) is 2.35. The van der Waals surface area contributed by atoms with Gasteiger partial charge < -0.3 is 9.84 Å². The van der Waals surface area contributed by atoms with Crippen molar-refractivity contribution >= 4 is 9.84 Å². The Kier molecular flexibility index (Phi) is 2.83. The Balaban J connectivity index is 1.91. The fraction of sp³-hybridized carbons (Fsp3) is 0.538. The first-order valence-electron chi connectivity index (χ1n) is 6.26. The van der Waals surface area contributed by atoms with Gasteiger partial charge in [-0.1, -0.05) is 0 Å². The van der Waals surface area contributed by atoms with Crippen LogP contribution in [0.4, 0.5) is 4.39 Å². The van der Waals surface area contributed by atoms with Crippen molar-refractivity contribution in [2.24, 2.45) is 0 Å². The van der Waals surface area contributed by atoms with E-state index in [0.717, 1.165) is 0 Å². The molecule has 3 rings (SSSR count). The molecule has 1 saturated heterocycles. The molecule has 0 saturated carbocycles. The summed E-state index contributed by atoms with van der Waals surface area (Å²) in [5.41, 5.74) is -0.186. The summed E-state index contributed by atoms with van der Waals surface area (Å²) >= 11 is 0. The predicted octanol–water partition coefficient (Wildman–Crippen LogP) is 1.59. The molecule has 2 aliphatic heterocycles. The average molecular weight is 286 g/mol. The van der Waals surface area contributed by atoms with E-state index in [1.807, 2.05) is 0 Å². The maximum absolute atomic E-state index is 13.2. The van der Waals surface area contributed by atoms with Crippen LogP contribution in [0.25, 0.3) is 0 Å². The Labute approximate surface area is 111 Å². The minimum Gasteiger partial charge on any atom is -0.487 e. The van der Waals surface area contributed by atoms with Gasteiger partial charge in [-0.15, -0.1) is 0 Å². The smallest absolute Gasteiger partial charge is 0.150 e. The van der Waals surface area contributed by atoms with Crippen molar-refractivity contribution in [3.8, 4) is 5.75 Å². The van der Waals surface area contributed by atoms with Crippen LogP contribution in [0.2, 0.25) is 0 Å². The highest BCUT2D eigenvalue weighted by Gasteiger charge is 2.44. The summed E-state index contributed by atoms with van der Waals surface area (Å²) in [5.74, 6) is 0.204. The van der Waals surface area contributed by atoms with Crippen LogP contribution >= 0.6 is 0 Å². The molecule has 19 heavy (non-hydrogen) atoms. The summed E-state index contributed by atoms with van der Waals surface area (Å²) in [4.78, 5) is 0. The van der Waals surface area contributed by atoms with Crippen molar-refractivity contribution in [1.82, 2.24) is 0 Å². The van der Waals surface area contributed by atoms with Gasteiger partial charge in [0.05, 0.1) is 17.6 Å². The maximum atomic E-state index is 13.2. The minimum atomic E-state index is -2.98. The summed E-state index contributed by atoms with van der Waals surface area (Å²) < 4.78 is 42.0. The lowest BCUT2D eigenvalue weighted by molar-refractivity contribution is -0.0210. The van der Waals surface area contributed by atoms with Gasteiger partial charge in [0.2, 0.25) is 0 Å². The fourth-order valence-corrected chi connectivity index (χ4v) is 4.40. The molecule has 1 unspecified atom stereocenters. The molecule has 0 aromatic heterocycles. The topological polar surface area (TPSA) is 63.6 Å². The molecule has 0 bridgehead atoms. The third kappa shape index (κ3) is 2.34. The molecular formula is C13H15FO4S. The highest BCUT2D eigenvalue weighted by molar-refractivity contribution is 7.91. The quantitative estimate of drug-likeness (QED) is 0.786. The van der Waals surface area contributed by atoms with Gasteiger partial charge in [0, 0.05) is 24.8 Å². The number of fused-ring (bicyclic) bond motifs is 1. The van der Waals surface area contributed by atoms with Crippen LogP contribution < -0.4 is 4.74 Å². The first-order valence-corrected chi connectivity index (χ1v) is 8.08. The van der Waals surface area contributed by atoms with Crippen LogP contribution in [0.5, 0.6) is 5.75 Å². The minimum absolute atomic E-state index is 0.0796. The largest absolute Gasteiger partial charge is 0.487 e. The van der Waals surface area contributed by atoms with E-state index in [4.69, 9.17) is 4.74 Å². The van der Waals surface area contributed by atoms with Crippen LogP contribution in [0.3, 0.4) is 0 Å². The highest BCUT2D eigenvalue weighted by Crippen LogP contribution is 2.44. The van der Waals surface area contributed by atoms with E-state index in [2.05, 4.69) is 0 Å². The number of hydrogen-bond donors (Lipinski definition) is 1. The molecule has 104 valence electrons. The molecule has 2 heterocycles. The van der Waals surface area contributed by atoms with Gasteiger partial charge in [0.15, 0.2) is 9.84 Å². The Morgan fingerprint density at radius 1 is 1.32 bits per heavy atom. The molecule has 6 heteroatoms. The van der Waals surface area contributed by atoms with Crippen molar-refractivity contribution < 1.29 is 22.7 Å². The van der Waals surface area contributed by atoms with Crippen molar-refractivity contribution in [3.63, 3.8) is 0 Å². The van der Waals surface area contributed by atoms with Crippen molar-refractivity contribution in [2.45, 2.75) is 31.0 Å². The van der Waals surface area contributed by atoms with Crippen LogP contribution in [0.1, 0.15) is 30.9 Å². The Morgan fingerprint density at radius 3 is 2.68 bits per heavy atom. The van der Waals surface area contributed by atoms with Crippen molar-refractivity contribution in [1.29, 1.82) is 0 Å². The van der Waals surface area contributed by atoms with Gasteiger partial charge in [-0.25, -0.2) is 12.8 Å². The molecule has 1 aromatic carbocycles. The highest BCUT2D eigenvalue weighted by atomic mass is 32.2. The Morgan fingerprint density at radius 2 is 2.00 bits per heavy atom. The molecule has 0 amide bonds. The van der Waals surface area contributed by atoms with E-state index in [1.165, 1.54) is 18.2 Å². The van der Waals surface area contributed by atoms with Crippen LogP contribution in [0, 0.1) is 5.82 Å². The second-order valence-electron chi connectivity index (χ2n) is 5.34. The van der Waals surface area contributed by atoms with Crippen LogP contribution in [-0.4, -0.2) is 30.6 Å². The zero-order chi connectivity index (χ0) is 13.7. The zero-order valence-electron chi connectivity index (χ0n) is 10.3. The molecule has 1 fully saturated rings. The summed E-state index contributed by atoms with van der Waals surface area (Å²) in [6.45, 7) is 0. The number of benzene rings is 1. The first-order chi connectivity index (χ1) is 8.89. The van der Waals surface area contributed by atoms with E-state index in [9.17, 15) is 17.9 Å². The van der Waals surface area contributed by atoms with Crippen molar-refractivity contribution in [3.05, 3.63) is 29.6 Å². The molecule has 1 aromatic rings. The van der Waals surface area contributed by atoms with Crippen LogP contribution in [0.15, 0.2) is 18.2 Å². The maximum Gasteiger partial charge on any atom is 0.150 e. The molecule has 0 aliphatic carbocycles. The van der Waals surface area contributed by atoms with Gasteiger partial charge in [0.1, 0.15) is 17.2 Å². The third-order valence-corrected chi connectivity index (χ3v) is 5.61. The molecule has 0 radical (unpaired) electrons. The predicted molar refractivity (Wildman–Crippen MR) is 67.2 cm³/mol. The van der Waals surface area contributed by atoms with Gasteiger partial charge >= 0.3 is 0 Å². The Bertz CT molecular complexity index is 597. The molecule has 1 spiro atoms. The molecule has 2 aliphatic rings. The fourth-order valence-electron chi connectivity index (χ4n) is 2.83. The van der Waals surface area contributed by atoms with E-state index < -0.39 is 27.4 Å². The number of hydrogen-bond acceptors (Lipinski definition) is 4. The second-order valence-corrected chi connectivity index (χ2v) is 7.64. The Hall–Kier alpha value is -1.14. The molecule has 1 N–H and O–H groups in total. The number of sulfone groups is 1. The van der Waals surface area contributed by atoms with Crippen LogP contribution in [-0.2, 0) is 9.84 Å². The number of aliphatic hydroxyl groups excluding tert-OH is 1. The number of aliphatic hydroxyl groups is 1. The second kappa shape index (κ2) is 4.18. The monoisotopic (exact) mass is 286 g/mol. The normalized spacial score (nSPS) is 27.6. The summed E-state index contributed by atoms with van der Waals surface area (Å²) in [7, 11) is -2.98. The van der Waals surface area contributed by atoms with Gasteiger partial charge in [-0.05, 0) is 18.2 Å². The standard InChI is InChI=1S/C13H15FO4S/c14-9-1-2-12-10(7-9)11(15)8-13(18-12)3-5-19(16,17)6-4-13/h1-2,7,11,15H,3-6,8H2. The van der Waals surface area contributed by atoms with Gasteiger partial charge in [-0.2, -0.15) is 0 Å². The molecule has 4 nitrogen and oxygen atoms in total. The van der Waals surface area contributed by atoms with E-state index >= 15 is 0 Å². The SMILES string of the molecule is O=S1(=O)CCC2(CC1)CC(O)c1cc(F)ccc1O2. The molecular weight excluding hydrogens is 271 g/mol. The van der Waals surface area contributed by atoms with E-state index in [0.29, 0.717) is 30.6 Å². The number of ether oxygens (including phenoxy) is 1. The summed E-state index contributed by atoms with van der Waals surface area (Å²) in [6, 6.07) is 4.05. The van der Waals surface area contributed by atoms with Gasteiger partial charge in [-0.3, -0.25) is 0 Å². The molecule has 1 atom stereocenters. The lowest BCUT2D eigenvalue weighted by atomic mass is 9.84. The zero-order valence-corrected chi connectivity index (χ0v) is 11.1. The van der Waals surface area contributed by atoms with E-state index in [1.54, 1.807) is 0 Å². The number of halogens is 1. The summed E-state index contributed by atoms with van der Waals surface area (Å²) in [6.07, 6.45) is 0.269. The third-order valence-electron chi connectivity index (χ3n) is 3.96.